The minimum absolute atomic E-state index is 0.256. The third-order valence-electron chi connectivity index (χ3n) is 2.80. The summed E-state index contributed by atoms with van der Waals surface area (Å²) in [6, 6.07) is 16.4. The average Bonchev–Trinajstić information content (AvgIpc) is 2.80. The number of para-hydroxylation sites is 2. The summed E-state index contributed by atoms with van der Waals surface area (Å²) in [4.78, 5) is 0. The van der Waals surface area contributed by atoms with Crippen LogP contribution in [0.3, 0.4) is 0 Å². The Kier molecular flexibility index (Phi) is 2.73. The molecule has 3 aromatic rings. The van der Waals surface area contributed by atoms with Crippen molar-refractivity contribution in [3.63, 3.8) is 0 Å². The molecule has 0 spiro atoms. The number of hydrogen-bond acceptors (Lipinski definition) is 2. The Morgan fingerprint density at radius 3 is 2.61 bits per heavy atom. The Bertz CT molecular complexity index is 642. The number of benzene rings is 2. The zero-order valence-electron chi connectivity index (χ0n) is 9.69. The lowest BCUT2D eigenvalue weighted by Crippen LogP contribution is -1.99. The number of nitrogens with one attached hydrogen (secondary N) is 1. The minimum Gasteiger partial charge on any atom is -0.459 e. The van der Waals surface area contributed by atoms with Crippen molar-refractivity contribution in [2.75, 3.05) is 5.32 Å². The van der Waals surface area contributed by atoms with E-state index in [9.17, 15) is 4.39 Å². The zero-order valence-corrected chi connectivity index (χ0v) is 9.69. The molecule has 2 aromatic carbocycles. The summed E-state index contributed by atoms with van der Waals surface area (Å²) in [6.07, 6.45) is 0. The molecule has 0 aliphatic carbocycles. The predicted octanol–water partition coefficient (Wildman–Crippen LogP) is 4.18. The number of halogens is 1. The van der Waals surface area contributed by atoms with Gasteiger partial charge in [-0.15, -0.1) is 0 Å². The molecule has 1 N–H and O–H groups in total. The second kappa shape index (κ2) is 4.53. The molecule has 3 heteroatoms. The Balaban J connectivity index is 1.79. The van der Waals surface area contributed by atoms with Crippen molar-refractivity contribution in [1.82, 2.24) is 0 Å². The van der Waals surface area contributed by atoms with Gasteiger partial charge in [0.2, 0.25) is 0 Å². The van der Waals surface area contributed by atoms with Gasteiger partial charge in [-0.05, 0) is 24.3 Å². The van der Waals surface area contributed by atoms with E-state index in [4.69, 9.17) is 4.42 Å². The summed E-state index contributed by atoms with van der Waals surface area (Å²) in [5.41, 5.74) is 1.33. The van der Waals surface area contributed by atoms with Crippen LogP contribution in [0.15, 0.2) is 59.0 Å². The van der Waals surface area contributed by atoms with Crippen molar-refractivity contribution >= 4 is 16.7 Å². The first kappa shape index (κ1) is 10.8. The van der Waals surface area contributed by atoms with Gasteiger partial charge in [-0.2, -0.15) is 0 Å². The van der Waals surface area contributed by atoms with Gasteiger partial charge in [-0.25, -0.2) is 4.39 Å². The molecule has 0 radical (unpaired) electrons. The lowest BCUT2D eigenvalue weighted by molar-refractivity contribution is 0.558. The molecule has 1 heterocycles. The smallest absolute Gasteiger partial charge is 0.146 e. The van der Waals surface area contributed by atoms with Crippen LogP contribution in [0.25, 0.3) is 11.0 Å². The van der Waals surface area contributed by atoms with Crippen molar-refractivity contribution in [2.45, 2.75) is 6.54 Å². The Labute approximate surface area is 104 Å². The molecule has 18 heavy (non-hydrogen) atoms. The molecule has 0 fully saturated rings. The first-order valence-electron chi connectivity index (χ1n) is 5.79. The van der Waals surface area contributed by atoms with Crippen molar-refractivity contribution in [1.29, 1.82) is 0 Å². The molecule has 0 unspecified atom stereocenters. The fourth-order valence-electron chi connectivity index (χ4n) is 1.91. The van der Waals surface area contributed by atoms with Crippen LogP contribution in [-0.2, 0) is 6.54 Å². The highest BCUT2D eigenvalue weighted by Crippen LogP contribution is 2.20. The topological polar surface area (TPSA) is 25.2 Å². The molecule has 3 rings (SSSR count). The standard InChI is InChI=1S/C15H12FNO/c16-13-6-2-3-7-14(13)17-10-12-9-11-5-1-4-8-15(11)18-12/h1-9,17H,10H2. The third-order valence-corrected chi connectivity index (χ3v) is 2.80. The van der Waals surface area contributed by atoms with Crippen LogP contribution in [0.1, 0.15) is 5.76 Å². The Hall–Kier alpha value is -2.29. The molecular weight excluding hydrogens is 229 g/mol. The molecule has 0 bridgehead atoms. The molecule has 0 aliphatic heterocycles. The molecular formula is C15H12FNO. The SMILES string of the molecule is Fc1ccccc1NCc1cc2ccccc2o1. The van der Waals surface area contributed by atoms with E-state index in [1.54, 1.807) is 18.2 Å². The second-order valence-electron chi connectivity index (χ2n) is 4.08. The van der Waals surface area contributed by atoms with Crippen LogP contribution >= 0.6 is 0 Å². The highest BCUT2D eigenvalue weighted by molar-refractivity contribution is 5.77. The van der Waals surface area contributed by atoms with Gasteiger partial charge < -0.3 is 9.73 Å². The van der Waals surface area contributed by atoms with Gasteiger partial charge in [-0.3, -0.25) is 0 Å². The third kappa shape index (κ3) is 2.07. The minimum atomic E-state index is -0.256. The van der Waals surface area contributed by atoms with Crippen LogP contribution in [0, 0.1) is 5.82 Å². The van der Waals surface area contributed by atoms with Gasteiger partial charge in [0, 0.05) is 5.39 Å². The lowest BCUT2D eigenvalue weighted by Gasteiger charge is -2.04. The van der Waals surface area contributed by atoms with Crippen LogP contribution in [0.5, 0.6) is 0 Å². The van der Waals surface area contributed by atoms with E-state index in [1.165, 1.54) is 6.07 Å². The lowest BCUT2D eigenvalue weighted by atomic mass is 10.2. The van der Waals surface area contributed by atoms with E-state index in [1.807, 2.05) is 30.3 Å². The molecule has 0 saturated carbocycles. The highest BCUT2D eigenvalue weighted by Gasteiger charge is 2.04. The Morgan fingerprint density at radius 1 is 1.00 bits per heavy atom. The molecule has 2 nitrogen and oxygen atoms in total. The predicted molar refractivity (Wildman–Crippen MR) is 69.9 cm³/mol. The summed E-state index contributed by atoms with van der Waals surface area (Å²) >= 11 is 0. The number of rotatable bonds is 3. The van der Waals surface area contributed by atoms with Crippen LogP contribution in [0.4, 0.5) is 10.1 Å². The highest BCUT2D eigenvalue weighted by atomic mass is 19.1. The van der Waals surface area contributed by atoms with Crippen LogP contribution in [0.2, 0.25) is 0 Å². The van der Waals surface area contributed by atoms with Gasteiger partial charge in [0.05, 0.1) is 12.2 Å². The normalized spacial score (nSPS) is 10.7. The van der Waals surface area contributed by atoms with Crippen molar-refractivity contribution < 1.29 is 8.81 Å². The van der Waals surface area contributed by atoms with Crippen LogP contribution < -0.4 is 5.32 Å². The molecule has 0 atom stereocenters. The fraction of sp³-hybridized carbons (Fsp3) is 0.0667. The van der Waals surface area contributed by atoms with E-state index in [0.717, 1.165) is 16.7 Å². The van der Waals surface area contributed by atoms with E-state index in [2.05, 4.69) is 5.32 Å². The maximum absolute atomic E-state index is 13.4. The van der Waals surface area contributed by atoms with Gasteiger partial charge in [-0.1, -0.05) is 30.3 Å². The van der Waals surface area contributed by atoms with Crippen molar-refractivity contribution in [3.8, 4) is 0 Å². The molecule has 0 amide bonds. The van der Waals surface area contributed by atoms with E-state index < -0.39 is 0 Å². The van der Waals surface area contributed by atoms with Crippen molar-refractivity contribution in [2.24, 2.45) is 0 Å². The number of anilines is 1. The summed E-state index contributed by atoms with van der Waals surface area (Å²) < 4.78 is 19.0. The maximum Gasteiger partial charge on any atom is 0.146 e. The van der Waals surface area contributed by atoms with E-state index >= 15 is 0 Å². The van der Waals surface area contributed by atoms with Gasteiger partial charge in [0.15, 0.2) is 0 Å². The van der Waals surface area contributed by atoms with Gasteiger partial charge in [0.25, 0.3) is 0 Å². The van der Waals surface area contributed by atoms with E-state index in [-0.39, 0.29) is 5.82 Å². The first-order valence-corrected chi connectivity index (χ1v) is 5.79. The molecule has 0 aliphatic rings. The maximum atomic E-state index is 13.4. The monoisotopic (exact) mass is 241 g/mol. The number of fused-ring (bicyclic) bond motifs is 1. The average molecular weight is 241 g/mol. The summed E-state index contributed by atoms with van der Waals surface area (Å²) in [6.45, 7) is 0.468. The largest absolute Gasteiger partial charge is 0.459 e. The van der Waals surface area contributed by atoms with Gasteiger partial charge >= 0.3 is 0 Å². The summed E-state index contributed by atoms with van der Waals surface area (Å²) in [7, 11) is 0. The zero-order chi connectivity index (χ0) is 12.4. The molecule has 0 saturated heterocycles. The van der Waals surface area contributed by atoms with Crippen molar-refractivity contribution in [3.05, 3.63) is 66.2 Å². The number of furan rings is 1. The number of hydrogen-bond donors (Lipinski definition) is 1. The Morgan fingerprint density at radius 2 is 1.78 bits per heavy atom. The quantitative estimate of drug-likeness (QED) is 0.744. The second-order valence-corrected chi connectivity index (χ2v) is 4.08. The summed E-state index contributed by atoms with van der Waals surface area (Å²) in [5, 5.41) is 4.08. The molecule has 1 aromatic heterocycles. The fourth-order valence-corrected chi connectivity index (χ4v) is 1.91. The van der Waals surface area contributed by atoms with E-state index in [0.29, 0.717) is 12.2 Å². The first-order chi connectivity index (χ1) is 8.83. The van der Waals surface area contributed by atoms with Crippen LogP contribution in [-0.4, -0.2) is 0 Å². The summed E-state index contributed by atoms with van der Waals surface area (Å²) in [5.74, 6) is 0.535. The molecule has 90 valence electrons. The van der Waals surface area contributed by atoms with Gasteiger partial charge in [0.1, 0.15) is 17.2 Å².